The van der Waals surface area contributed by atoms with E-state index in [0.29, 0.717) is 5.76 Å². The molecule has 0 radical (unpaired) electrons. The second-order valence-electron chi connectivity index (χ2n) is 9.13. The predicted molar refractivity (Wildman–Crippen MR) is 135 cm³/mol. The number of hydrogen-bond acceptors (Lipinski definition) is 7. The van der Waals surface area contributed by atoms with Crippen molar-refractivity contribution < 1.29 is 19.2 Å². The van der Waals surface area contributed by atoms with E-state index in [1.54, 1.807) is 20.0 Å². The first-order chi connectivity index (χ1) is 14.8. The second kappa shape index (κ2) is 14.2. The Bertz CT molecular complexity index is 681. The van der Waals surface area contributed by atoms with E-state index < -0.39 is 12.7 Å². The van der Waals surface area contributed by atoms with Crippen LogP contribution in [0.3, 0.4) is 0 Å². The van der Waals surface area contributed by atoms with Crippen LogP contribution >= 0.6 is 0 Å². The third-order valence-corrected chi connectivity index (χ3v) is 4.47. The molecule has 0 aliphatic carbocycles. The lowest BCUT2D eigenvalue weighted by atomic mass is 9.79. The fraction of sp³-hybridized carbons (Fsp3) is 0.625. The van der Waals surface area contributed by atoms with Crippen molar-refractivity contribution in [3.8, 4) is 0 Å². The summed E-state index contributed by atoms with van der Waals surface area (Å²) < 4.78 is 17.2. The zero-order chi connectivity index (χ0) is 24.9. The Morgan fingerprint density at radius 2 is 1.94 bits per heavy atom. The summed E-state index contributed by atoms with van der Waals surface area (Å²) in [5, 5.41) is 16.7. The molecule has 1 aliphatic heterocycles. The average molecular weight is 449 g/mol. The van der Waals surface area contributed by atoms with Crippen molar-refractivity contribution in [2.24, 2.45) is 5.10 Å². The van der Waals surface area contributed by atoms with Gasteiger partial charge in [-0.1, -0.05) is 45.1 Å². The monoisotopic (exact) mass is 449 g/mol. The number of ether oxygens (including phenoxy) is 1. The van der Waals surface area contributed by atoms with Crippen LogP contribution in [0.25, 0.3) is 0 Å². The van der Waals surface area contributed by atoms with Crippen LogP contribution in [-0.2, 0) is 14.0 Å². The molecule has 1 fully saturated rings. The van der Waals surface area contributed by atoms with Crippen molar-refractivity contribution in [1.82, 2.24) is 10.7 Å². The lowest BCUT2D eigenvalue weighted by Gasteiger charge is -2.21. The van der Waals surface area contributed by atoms with Crippen LogP contribution in [0.1, 0.15) is 68.7 Å². The molecule has 32 heavy (non-hydrogen) atoms. The molecule has 3 N–H and O–H groups in total. The minimum atomic E-state index is -0.891. The normalized spacial score (nSPS) is 19.8. The first-order valence-electron chi connectivity index (χ1n) is 11.1. The molecule has 1 saturated heterocycles. The maximum Gasteiger partial charge on any atom is 0.494 e. The van der Waals surface area contributed by atoms with Crippen molar-refractivity contribution in [1.29, 1.82) is 0 Å². The molecule has 7 nitrogen and oxygen atoms in total. The number of nitrogens with zero attached hydrogens (tertiary/aromatic N) is 1. The van der Waals surface area contributed by atoms with Gasteiger partial charge in [-0.15, -0.1) is 0 Å². The molecule has 8 heteroatoms. The zero-order valence-corrected chi connectivity index (χ0v) is 21.5. The standard InChI is InChI=1S/C21H36BN3O4.C3H8/c1-15(11-10-12-16(2)22-28-18(4)21(7,8)29-22)19(25-23-9)24-13-17(3)27-14-20(5,6)26;1-3-2/h10-13,18-19,24-26H,2,9,14H2,1,3-8H3;3H2,1-2H3/b12-10-,15-11+,17-13+;. The summed E-state index contributed by atoms with van der Waals surface area (Å²) in [6.45, 7) is 25.1. The average Bonchev–Trinajstić information content (AvgIpc) is 2.96. The highest BCUT2D eigenvalue weighted by Crippen LogP contribution is 2.29. The maximum atomic E-state index is 9.73. The van der Waals surface area contributed by atoms with E-state index in [4.69, 9.17) is 14.0 Å². The molecule has 182 valence electrons. The Hall–Kier alpha value is -2.03. The second-order valence-corrected chi connectivity index (χ2v) is 9.13. The van der Waals surface area contributed by atoms with Crippen LogP contribution < -0.4 is 10.7 Å². The van der Waals surface area contributed by atoms with Gasteiger partial charge < -0.3 is 24.5 Å². The van der Waals surface area contributed by atoms with E-state index in [9.17, 15) is 5.11 Å². The molecule has 2 unspecified atom stereocenters. The predicted octanol–water partition coefficient (Wildman–Crippen LogP) is 4.47. The molecule has 2 atom stereocenters. The smallest absolute Gasteiger partial charge is 0.494 e. The van der Waals surface area contributed by atoms with Crippen molar-refractivity contribution in [3.63, 3.8) is 0 Å². The summed E-state index contributed by atoms with van der Waals surface area (Å²) in [7, 11) is -0.439. The summed E-state index contributed by atoms with van der Waals surface area (Å²) in [5.74, 6) is 0.645. The van der Waals surface area contributed by atoms with E-state index in [1.807, 2.05) is 52.8 Å². The fourth-order valence-electron chi connectivity index (χ4n) is 2.30. The van der Waals surface area contributed by atoms with Gasteiger partial charge in [-0.05, 0) is 59.5 Å². The molecular weight excluding hydrogens is 405 g/mol. The number of allylic oxidation sites excluding steroid dienone is 5. The molecule has 0 aromatic rings. The summed E-state index contributed by atoms with van der Waals surface area (Å²) in [5.41, 5.74) is 3.39. The van der Waals surface area contributed by atoms with Crippen molar-refractivity contribution in [3.05, 3.63) is 47.8 Å². The van der Waals surface area contributed by atoms with Gasteiger partial charge in [0.05, 0.1) is 17.3 Å². The van der Waals surface area contributed by atoms with Gasteiger partial charge in [0.2, 0.25) is 0 Å². The molecule has 1 rings (SSSR count). The Kier molecular flexibility index (Phi) is 13.3. The van der Waals surface area contributed by atoms with Crippen LogP contribution in [0.2, 0.25) is 0 Å². The largest absolute Gasteiger partial charge is 0.494 e. The van der Waals surface area contributed by atoms with Gasteiger partial charge >= 0.3 is 7.12 Å². The van der Waals surface area contributed by atoms with Crippen LogP contribution in [0.15, 0.2) is 52.9 Å². The van der Waals surface area contributed by atoms with Crippen molar-refractivity contribution in [2.75, 3.05) is 6.61 Å². The fourth-order valence-corrected chi connectivity index (χ4v) is 2.30. The minimum absolute atomic E-state index is 0.0000263. The minimum Gasteiger partial charge on any atom is -0.494 e. The van der Waals surface area contributed by atoms with Gasteiger partial charge in [0.15, 0.2) is 0 Å². The quantitative estimate of drug-likeness (QED) is 0.108. The highest BCUT2D eigenvalue weighted by atomic mass is 16.7. The van der Waals surface area contributed by atoms with Crippen LogP contribution in [0.4, 0.5) is 0 Å². The van der Waals surface area contributed by atoms with Crippen LogP contribution in [-0.4, -0.2) is 49.0 Å². The molecular formula is C24H44BN3O4. The Balaban J connectivity index is 0.00000302. The van der Waals surface area contributed by atoms with Gasteiger partial charge in [0.1, 0.15) is 18.5 Å². The third-order valence-electron chi connectivity index (χ3n) is 4.47. The zero-order valence-electron chi connectivity index (χ0n) is 21.5. The number of hydrazone groups is 1. The van der Waals surface area contributed by atoms with Gasteiger partial charge in [-0.3, -0.25) is 5.43 Å². The Morgan fingerprint density at radius 1 is 1.34 bits per heavy atom. The molecule has 0 spiro atoms. The molecule has 0 aromatic heterocycles. The van der Waals surface area contributed by atoms with E-state index in [1.165, 1.54) is 6.42 Å². The third kappa shape index (κ3) is 12.1. The SMILES string of the molecule is C=NNC(N/C=C(\C)OCC(C)(C)O)/C(C)=C/C=C\C(=C)B1OC(C)C(C)(C)O1.CCC. The lowest BCUT2D eigenvalue weighted by Crippen LogP contribution is -2.37. The summed E-state index contributed by atoms with van der Waals surface area (Å²) in [6, 6.07) is 0. The van der Waals surface area contributed by atoms with Gasteiger partial charge in [0.25, 0.3) is 0 Å². The van der Waals surface area contributed by atoms with E-state index in [0.717, 1.165) is 11.0 Å². The summed E-state index contributed by atoms with van der Waals surface area (Å²) >= 11 is 0. The molecule has 0 saturated carbocycles. The Morgan fingerprint density at radius 3 is 2.41 bits per heavy atom. The first-order valence-corrected chi connectivity index (χ1v) is 11.1. The lowest BCUT2D eigenvalue weighted by molar-refractivity contribution is 0.00305. The van der Waals surface area contributed by atoms with E-state index in [-0.39, 0.29) is 24.5 Å². The summed E-state index contributed by atoms with van der Waals surface area (Å²) in [4.78, 5) is 0. The number of hydrogen-bond donors (Lipinski definition) is 3. The van der Waals surface area contributed by atoms with Gasteiger partial charge in [-0.25, -0.2) is 0 Å². The Labute approximate surface area is 195 Å². The summed E-state index contributed by atoms with van der Waals surface area (Å²) in [6.07, 6.45) is 8.39. The van der Waals surface area contributed by atoms with Crippen LogP contribution in [0.5, 0.6) is 0 Å². The highest BCUT2D eigenvalue weighted by Gasteiger charge is 2.43. The van der Waals surface area contributed by atoms with Crippen LogP contribution in [0, 0.1) is 0 Å². The van der Waals surface area contributed by atoms with Gasteiger partial charge in [0, 0.05) is 12.9 Å². The van der Waals surface area contributed by atoms with Gasteiger partial charge in [-0.2, -0.15) is 5.10 Å². The molecule has 0 amide bonds. The maximum absolute atomic E-state index is 9.73. The number of rotatable bonds is 11. The van der Waals surface area contributed by atoms with Crippen molar-refractivity contribution in [2.45, 2.75) is 92.2 Å². The topological polar surface area (TPSA) is 84.3 Å². The first kappa shape index (κ1) is 30.0. The molecule has 0 bridgehead atoms. The van der Waals surface area contributed by atoms with E-state index in [2.05, 4.69) is 43.0 Å². The van der Waals surface area contributed by atoms with Crippen molar-refractivity contribution >= 4 is 13.8 Å². The van der Waals surface area contributed by atoms with E-state index >= 15 is 0 Å². The molecule has 1 aliphatic rings. The number of nitrogens with one attached hydrogen (secondary N) is 2. The molecule has 0 aromatic carbocycles. The molecule has 1 heterocycles. The highest BCUT2D eigenvalue weighted by molar-refractivity contribution is 6.55. The number of aliphatic hydroxyl groups is 1.